The number of hydrogen-bond donors (Lipinski definition) is 1. The van der Waals surface area contributed by atoms with Gasteiger partial charge >= 0.3 is 6.09 Å². The predicted molar refractivity (Wildman–Crippen MR) is 116 cm³/mol. The minimum Gasteiger partial charge on any atom is -0.446 e. The van der Waals surface area contributed by atoms with Gasteiger partial charge < -0.3 is 10.1 Å². The van der Waals surface area contributed by atoms with Gasteiger partial charge in [-0.25, -0.2) is 4.79 Å². The Balaban J connectivity index is 1.52. The van der Waals surface area contributed by atoms with Crippen LogP contribution in [0.5, 0.6) is 0 Å². The molecule has 3 nitrogen and oxygen atoms in total. The fourth-order valence-corrected chi connectivity index (χ4v) is 3.74. The Morgan fingerprint density at radius 1 is 1.14 bits per heavy atom. The van der Waals surface area contributed by atoms with Crippen LogP contribution in [0, 0.1) is 5.41 Å². The third-order valence-electron chi connectivity index (χ3n) is 5.69. The zero-order valence-electron chi connectivity index (χ0n) is 17.4. The van der Waals surface area contributed by atoms with E-state index in [9.17, 15) is 4.79 Å². The maximum atomic E-state index is 12.0. The highest BCUT2D eigenvalue weighted by molar-refractivity contribution is 5.76. The Bertz CT molecular complexity index is 749. The first-order valence-electron chi connectivity index (χ1n) is 10.6. The average molecular weight is 380 g/mol. The van der Waals surface area contributed by atoms with Crippen molar-refractivity contribution in [2.75, 3.05) is 6.54 Å². The lowest BCUT2D eigenvalue weighted by molar-refractivity contribution is 0.0751. The van der Waals surface area contributed by atoms with E-state index in [1.807, 2.05) is 0 Å². The Labute approximate surface area is 169 Å². The maximum Gasteiger partial charge on any atom is 0.407 e. The highest BCUT2D eigenvalue weighted by Gasteiger charge is 2.18. The van der Waals surface area contributed by atoms with E-state index in [0.717, 1.165) is 12.8 Å². The van der Waals surface area contributed by atoms with Gasteiger partial charge in [-0.05, 0) is 48.3 Å². The van der Waals surface area contributed by atoms with Gasteiger partial charge in [-0.15, -0.1) is 0 Å². The van der Waals surface area contributed by atoms with Crippen molar-refractivity contribution in [1.82, 2.24) is 5.32 Å². The van der Waals surface area contributed by atoms with Crippen LogP contribution in [0.3, 0.4) is 0 Å². The summed E-state index contributed by atoms with van der Waals surface area (Å²) in [6.45, 7) is 7.12. The van der Waals surface area contributed by atoms with Crippen molar-refractivity contribution in [1.29, 1.82) is 0 Å². The van der Waals surface area contributed by atoms with Crippen molar-refractivity contribution in [3.8, 4) is 0 Å². The van der Waals surface area contributed by atoms with Gasteiger partial charge in [0.25, 0.3) is 0 Å². The second-order valence-electron chi connectivity index (χ2n) is 8.71. The van der Waals surface area contributed by atoms with Crippen molar-refractivity contribution in [2.45, 2.75) is 64.9 Å². The second kappa shape index (κ2) is 9.27. The molecular formula is C25H33NO2. The summed E-state index contributed by atoms with van der Waals surface area (Å²) >= 11 is 0. The fourth-order valence-electron chi connectivity index (χ4n) is 3.74. The summed E-state index contributed by atoms with van der Waals surface area (Å²) in [4.78, 5) is 12.0. The highest BCUT2D eigenvalue weighted by Crippen LogP contribution is 2.27. The van der Waals surface area contributed by atoms with Crippen molar-refractivity contribution < 1.29 is 9.53 Å². The molecule has 1 atom stereocenters. The number of hydrogen-bond acceptors (Lipinski definition) is 2. The molecule has 150 valence electrons. The molecule has 0 saturated heterocycles. The van der Waals surface area contributed by atoms with E-state index in [2.05, 4.69) is 80.7 Å². The van der Waals surface area contributed by atoms with Gasteiger partial charge in [-0.1, -0.05) is 81.8 Å². The first-order chi connectivity index (χ1) is 13.4. The van der Waals surface area contributed by atoms with Gasteiger partial charge in [-0.2, -0.15) is 0 Å². The normalized spacial score (nSPS) is 20.2. The van der Waals surface area contributed by atoms with E-state index in [1.165, 1.54) is 36.0 Å². The molecule has 1 saturated carbocycles. The molecule has 28 heavy (non-hydrogen) atoms. The van der Waals surface area contributed by atoms with Gasteiger partial charge in [-0.3, -0.25) is 0 Å². The van der Waals surface area contributed by atoms with E-state index in [0.29, 0.717) is 6.54 Å². The van der Waals surface area contributed by atoms with Gasteiger partial charge in [0, 0.05) is 12.0 Å². The molecule has 1 amide bonds. The van der Waals surface area contributed by atoms with E-state index in [-0.39, 0.29) is 23.5 Å². The van der Waals surface area contributed by atoms with Crippen LogP contribution in [0.1, 0.15) is 69.9 Å². The topological polar surface area (TPSA) is 38.3 Å². The molecule has 0 aliphatic heterocycles. The zero-order valence-corrected chi connectivity index (χ0v) is 17.4. The van der Waals surface area contributed by atoms with Crippen LogP contribution in [0.2, 0.25) is 0 Å². The maximum absolute atomic E-state index is 12.0. The molecule has 1 aromatic carbocycles. The third kappa shape index (κ3) is 5.85. The third-order valence-corrected chi connectivity index (χ3v) is 5.69. The lowest BCUT2D eigenvalue weighted by atomic mass is 9.92. The SMILES string of the molecule is CC(CNC(=O)OC1CCCCC1)c1ccc(C2=CC=CC(C)(C)C=C2)cc1. The molecule has 0 bridgehead atoms. The van der Waals surface area contributed by atoms with Crippen LogP contribution >= 0.6 is 0 Å². The number of amides is 1. The van der Waals surface area contributed by atoms with E-state index in [4.69, 9.17) is 4.74 Å². The first kappa shape index (κ1) is 20.4. The largest absolute Gasteiger partial charge is 0.446 e. The number of benzene rings is 1. The highest BCUT2D eigenvalue weighted by atomic mass is 16.6. The minimum atomic E-state index is -0.279. The summed E-state index contributed by atoms with van der Waals surface area (Å²) in [5, 5.41) is 2.93. The first-order valence-corrected chi connectivity index (χ1v) is 10.6. The van der Waals surface area contributed by atoms with Gasteiger partial charge in [0.15, 0.2) is 0 Å². The number of rotatable bonds is 5. The van der Waals surface area contributed by atoms with Gasteiger partial charge in [0.05, 0.1) is 0 Å². The molecule has 2 aliphatic carbocycles. The summed E-state index contributed by atoms with van der Waals surface area (Å²) in [7, 11) is 0. The number of carbonyl (C=O) groups excluding carboxylic acids is 1. The average Bonchev–Trinajstić information content (AvgIpc) is 2.87. The predicted octanol–water partition coefficient (Wildman–Crippen LogP) is 6.38. The molecular weight excluding hydrogens is 346 g/mol. The summed E-state index contributed by atoms with van der Waals surface area (Å²) in [5.74, 6) is 0.241. The number of ether oxygens (including phenoxy) is 1. The van der Waals surface area contributed by atoms with Crippen LogP contribution in [-0.2, 0) is 4.74 Å². The molecule has 1 unspecified atom stereocenters. The molecule has 1 N–H and O–H groups in total. The van der Waals surface area contributed by atoms with Gasteiger partial charge in [0.1, 0.15) is 6.10 Å². The Morgan fingerprint density at radius 2 is 1.86 bits per heavy atom. The fraction of sp³-hybridized carbons (Fsp3) is 0.480. The molecule has 0 aromatic heterocycles. The van der Waals surface area contributed by atoms with E-state index < -0.39 is 0 Å². The monoisotopic (exact) mass is 379 g/mol. The van der Waals surface area contributed by atoms with E-state index in [1.54, 1.807) is 0 Å². The van der Waals surface area contributed by atoms with Gasteiger partial charge in [0.2, 0.25) is 0 Å². The molecule has 0 radical (unpaired) electrons. The van der Waals surface area contributed by atoms with Crippen LogP contribution in [0.15, 0.2) is 54.6 Å². The smallest absolute Gasteiger partial charge is 0.407 e. The van der Waals surface area contributed by atoms with Crippen LogP contribution in [0.4, 0.5) is 4.79 Å². The number of alkyl carbamates (subject to hydrolysis) is 1. The number of nitrogens with one attached hydrogen (secondary N) is 1. The number of carbonyl (C=O) groups is 1. The molecule has 1 fully saturated rings. The molecule has 2 aliphatic rings. The quantitative estimate of drug-likeness (QED) is 0.644. The Morgan fingerprint density at radius 3 is 2.57 bits per heavy atom. The molecule has 3 heteroatoms. The standard InChI is InChI=1S/C25H33NO2/c1-19(18-26-24(27)28-23-9-5-4-6-10-23)20-11-13-22(14-12-20)21-8-7-16-25(2,3)17-15-21/h7-8,11-17,19,23H,4-6,9-10,18H2,1-3H3,(H,26,27). The second-order valence-corrected chi connectivity index (χ2v) is 8.71. The Hall–Kier alpha value is -2.29. The summed E-state index contributed by atoms with van der Waals surface area (Å²) in [5.41, 5.74) is 3.73. The minimum absolute atomic E-state index is 0.0879. The number of allylic oxidation sites excluding steroid dienone is 6. The lowest BCUT2D eigenvalue weighted by Crippen LogP contribution is -2.32. The molecule has 0 heterocycles. The molecule has 3 rings (SSSR count). The van der Waals surface area contributed by atoms with Crippen LogP contribution < -0.4 is 5.32 Å². The van der Waals surface area contributed by atoms with Crippen LogP contribution in [-0.4, -0.2) is 18.7 Å². The Kier molecular flexibility index (Phi) is 6.77. The van der Waals surface area contributed by atoms with Crippen molar-refractivity contribution in [2.24, 2.45) is 5.41 Å². The van der Waals surface area contributed by atoms with Crippen LogP contribution in [0.25, 0.3) is 5.57 Å². The zero-order chi connectivity index (χ0) is 20.0. The van der Waals surface area contributed by atoms with Crippen molar-refractivity contribution >= 4 is 11.7 Å². The summed E-state index contributed by atoms with van der Waals surface area (Å²) < 4.78 is 5.53. The van der Waals surface area contributed by atoms with E-state index >= 15 is 0 Å². The summed E-state index contributed by atoms with van der Waals surface area (Å²) in [6, 6.07) is 8.63. The molecule has 1 aromatic rings. The summed E-state index contributed by atoms with van der Waals surface area (Å²) in [6.07, 6.45) is 16.4. The van der Waals surface area contributed by atoms with Crippen molar-refractivity contribution in [3.05, 3.63) is 65.8 Å². The van der Waals surface area contributed by atoms with Crippen molar-refractivity contribution in [3.63, 3.8) is 0 Å². The molecule has 0 spiro atoms. The lowest BCUT2D eigenvalue weighted by Gasteiger charge is -2.22.